The summed E-state index contributed by atoms with van der Waals surface area (Å²) >= 11 is 0. The molecule has 2 rings (SSSR count). The molecule has 1 atom stereocenters. The van der Waals surface area contributed by atoms with Crippen LogP contribution in [-0.2, 0) is 20.0 Å². The molecule has 0 aliphatic carbocycles. The van der Waals surface area contributed by atoms with Gasteiger partial charge in [0.25, 0.3) is 0 Å². The monoisotopic (exact) mass is 346 g/mol. The third kappa shape index (κ3) is 3.19. The van der Waals surface area contributed by atoms with Crippen LogP contribution < -0.4 is 0 Å². The zero-order valence-electron chi connectivity index (χ0n) is 13.1. The lowest BCUT2D eigenvalue weighted by Crippen LogP contribution is -2.41. The molecule has 1 fully saturated rings. The van der Waals surface area contributed by atoms with Gasteiger partial charge in [-0.15, -0.1) is 0 Å². The molecule has 0 aromatic heterocycles. The molecule has 0 radical (unpaired) electrons. The summed E-state index contributed by atoms with van der Waals surface area (Å²) in [5.41, 5.74) is 0. The molecular formula is C14H22N2O4S2. The van der Waals surface area contributed by atoms with E-state index in [0.717, 1.165) is 23.6 Å². The zero-order chi connectivity index (χ0) is 16.5. The Morgan fingerprint density at radius 3 is 2.05 bits per heavy atom. The Kier molecular flexibility index (Phi) is 4.96. The average molecular weight is 346 g/mol. The molecule has 1 unspecified atom stereocenters. The molecule has 1 aromatic carbocycles. The Morgan fingerprint density at radius 2 is 1.55 bits per heavy atom. The number of piperidine rings is 1. The summed E-state index contributed by atoms with van der Waals surface area (Å²) in [5.74, 6) is 0. The first-order valence-corrected chi connectivity index (χ1v) is 10.1. The van der Waals surface area contributed by atoms with Gasteiger partial charge in [0.2, 0.25) is 20.0 Å². The van der Waals surface area contributed by atoms with Crippen LogP contribution in [0.5, 0.6) is 0 Å². The minimum Gasteiger partial charge on any atom is -0.207 e. The second-order valence-corrected chi connectivity index (χ2v) is 9.76. The van der Waals surface area contributed by atoms with Crippen LogP contribution in [0, 0.1) is 0 Å². The molecule has 0 N–H and O–H groups in total. The van der Waals surface area contributed by atoms with E-state index in [9.17, 15) is 16.8 Å². The van der Waals surface area contributed by atoms with Gasteiger partial charge >= 0.3 is 0 Å². The Morgan fingerprint density at radius 1 is 1.00 bits per heavy atom. The van der Waals surface area contributed by atoms with Crippen LogP contribution in [0.2, 0.25) is 0 Å². The molecule has 0 spiro atoms. The lowest BCUT2D eigenvalue weighted by Gasteiger charge is -2.32. The third-order valence-electron chi connectivity index (χ3n) is 3.95. The maximum atomic E-state index is 12.7. The van der Waals surface area contributed by atoms with Crippen molar-refractivity contribution in [1.29, 1.82) is 0 Å². The van der Waals surface area contributed by atoms with Gasteiger partial charge < -0.3 is 0 Å². The highest BCUT2D eigenvalue weighted by atomic mass is 32.2. The van der Waals surface area contributed by atoms with Crippen molar-refractivity contribution in [3.8, 4) is 0 Å². The highest BCUT2D eigenvalue weighted by Gasteiger charge is 2.31. The molecule has 1 aliphatic heterocycles. The van der Waals surface area contributed by atoms with Gasteiger partial charge in [-0.2, -0.15) is 4.31 Å². The van der Waals surface area contributed by atoms with Crippen LogP contribution in [0.4, 0.5) is 0 Å². The van der Waals surface area contributed by atoms with E-state index < -0.39 is 20.0 Å². The quantitative estimate of drug-likeness (QED) is 0.828. The van der Waals surface area contributed by atoms with E-state index in [2.05, 4.69) is 0 Å². The van der Waals surface area contributed by atoms with E-state index in [1.165, 1.54) is 42.7 Å². The van der Waals surface area contributed by atoms with Crippen molar-refractivity contribution in [1.82, 2.24) is 8.61 Å². The first-order valence-electron chi connectivity index (χ1n) is 7.22. The largest absolute Gasteiger partial charge is 0.243 e. The molecule has 1 saturated heterocycles. The van der Waals surface area contributed by atoms with Gasteiger partial charge in [-0.1, -0.05) is 6.42 Å². The van der Waals surface area contributed by atoms with E-state index in [-0.39, 0.29) is 15.8 Å². The van der Waals surface area contributed by atoms with Crippen LogP contribution in [-0.4, -0.2) is 52.1 Å². The number of rotatable bonds is 4. The number of benzene rings is 1. The molecule has 1 heterocycles. The highest BCUT2D eigenvalue weighted by Crippen LogP contribution is 2.26. The van der Waals surface area contributed by atoms with Crippen LogP contribution in [0.25, 0.3) is 0 Å². The summed E-state index contributed by atoms with van der Waals surface area (Å²) in [4.78, 5) is 0.224. The summed E-state index contributed by atoms with van der Waals surface area (Å²) in [5, 5.41) is 0. The second-order valence-electron chi connectivity index (χ2n) is 5.72. The predicted octanol–water partition coefficient (Wildman–Crippen LogP) is 1.50. The minimum atomic E-state index is -3.57. The van der Waals surface area contributed by atoms with Gasteiger partial charge in [0, 0.05) is 26.7 Å². The van der Waals surface area contributed by atoms with E-state index in [1.807, 2.05) is 6.92 Å². The van der Waals surface area contributed by atoms with E-state index in [1.54, 1.807) is 0 Å². The van der Waals surface area contributed by atoms with E-state index >= 15 is 0 Å². The highest BCUT2D eigenvalue weighted by molar-refractivity contribution is 7.89. The molecular weight excluding hydrogens is 324 g/mol. The molecule has 0 amide bonds. The van der Waals surface area contributed by atoms with Gasteiger partial charge in [0.15, 0.2) is 0 Å². The van der Waals surface area contributed by atoms with Crippen LogP contribution in [0.15, 0.2) is 34.1 Å². The van der Waals surface area contributed by atoms with Crippen molar-refractivity contribution in [2.75, 3.05) is 20.6 Å². The van der Waals surface area contributed by atoms with Crippen LogP contribution >= 0.6 is 0 Å². The van der Waals surface area contributed by atoms with Crippen molar-refractivity contribution in [2.24, 2.45) is 0 Å². The molecule has 0 saturated carbocycles. The normalized spacial score (nSPS) is 21.2. The summed E-state index contributed by atoms with van der Waals surface area (Å²) in [6, 6.07) is 5.40. The maximum Gasteiger partial charge on any atom is 0.243 e. The predicted molar refractivity (Wildman–Crippen MR) is 84.5 cm³/mol. The lowest BCUT2D eigenvalue weighted by atomic mass is 10.1. The first kappa shape index (κ1) is 17.4. The molecule has 8 heteroatoms. The van der Waals surface area contributed by atoms with E-state index in [0.29, 0.717) is 6.54 Å². The molecule has 124 valence electrons. The van der Waals surface area contributed by atoms with Crippen LogP contribution in [0.3, 0.4) is 0 Å². The molecule has 1 aliphatic rings. The van der Waals surface area contributed by atoms with Crippen molar-refractivity contribution >= 4 is 20.0 Å². The van der Waals surface area contributed by atoms with Crippen molar-refractivity contribution in [3.63, 3.8) is 0 Å². The minimum absolute atomic E-state index is 0.0241. The fraction of sp³-hybridized carbons (Fsp3) is 0.571. The standard InChI is InChI=1S/C14H22N2O4S2/c1-12-6-4-5-11-16(12)22(19,20)14-9-7-13(8-10-14)21(17,18)15(2)3/h7-10,12H,4-6,11H2,1-3H3. The Bertz CT molecular complexity index is 725. The van der Waals surface area contributed by atoms with Gasteiger partial charge in [-0.25, -0.2) is 21.1 Å². The summed E-state index contributed by atoms with van der Waals surface area (Å²) < 4.78 is 51.9. The average Bonchev–Trinajstić information content (AvgIpc) is 2.47. The number of hydrogen-bond acceptors (Lipinski definition) is 4. The van der Waals surface area contributed by atoms with Crippen molar-refractivity contribution < 1.29 is 16.8 Å². The fourth-order valence-corrected chi connectivity index (χ4v) is 5.16. The Hall–Kier alpha value is -0.960. The smallest absolute Gasteiger partial charge is 0.207 e. The zero-order valence-corrected chi connectivity index (χ0v) is 14.7. The van der Waals surface area contributed by atoms with Gasteiger partial charge in [-0.05, 0) is 44.0 Å². The molecule has 22 heavy (non-hydrogen) atoms. The van der Waals surface area contributed by atoms with Crippen LogP contribution in [0.1, 0.15) is 26.2 Å². The number of hydrogen-bond donors (Lipinski definition) is 0. The number of nitrogens with zero attached hydrogens (tertiary/aromatic N) is 2. The molecule has 0 bridgehead atoms. The van der Waals surface area contributed by atoms with Crippen molar-refractivity contribution in [2.45, 2.75) is 42.0 Å². The maximum absolute atomic E-state index is 12.7. The third-order valence-corrected chi connectivity index (χ3v) is 7.81. The summed E-state index contributed by atoms with van der Waals surface area (Å²) in [7, 11) is -4.24. The Balaban J connectivity index is 2.34. The molecule has 1 aromatic rings. The first-order chi connectivity index (χ1) is 10.2. The van der Waals surface area contributed by atoms with Crippen molar-refractivity contribution in [3.05, 3.63) is 24.3 Å². The summed E-state index contributed by atoms with van der Waals surface area (Å²) in [6.07, 6.45) is 2.75. The SMILES string of the molecule is CC1CCCCN1S(=O)(=O)c1ccc(S(=O)(=O)N(C)C)cc1. The Labute approximate surface area is 132 Å². The second kappa shape index (κ2) is 6.27. The van der Waals surface area contributed by atoms with Gasteiger partial charge in [0.1, 0.15) is 0 Å². The van der Waals surface area contributed by atoms with Gasteiger partial charge in [0.05, 0.1) is 9.79 Å². The van der Waals surface area contributed by atoms with E-state index in [4.69, 9.17) is 0 Å². The summed E-state index contributed by atoms with van der Waals surface area (Å²) in [6.45, 7) is 2.42. The number of sulfonamides is 2. The molecule has 6 nitrogen and oxygen atoms in total. The lowest BCUT2D eigenvalue weighted by molar-refractivity contribution is 0.268. The fourth-order valence-electron chi connectivity index (χ4n) is 2.56. The van der Waals surface area contributed by atoms with Gasteiger partial charge in [-0.3, -0.25) is 0 Å². The topological polar surface area (TPSA) is 74.8 Å².